The van der Waals surface area contributed by atoms with E-state index >= 15 is 0 Å². The Morgan fingerprint density at radius 3 is 2.73 bits per heavy atom. The smallest absolute Gasteiger partial charge is 0.257 e. The lowest BCUT2D eigenvalue weighted by atomic mass is 10.1. The molecule has 0 aliphatic carbocycles. The van der Waals surface area contributed by atoms with Crippen LogP contribution in [0.25, 0.3) is 10.9 Å². The Kier molecular flexibility index (Phi) is 5.90. The van der Waals surface area contributed by atoms with Gasteiger partial charge in [-0.2, -0.15) is 0 Å². The molecule has 154 valence electrons. The first-order valence-corrected chi connectivity index (χ1v) is 10.6. The van der Waals surface area contributed by atoms with Crippen molar-refractivity contribution < 1.29 is 9.59 Å². The maximum absolute atomic E-state index is 12.8. The second-order valence-electron chi connectivity index (χ2n) is 7.66. The van der Waals surface area contributed by atoms with Gasteiger partial charge in [0.15, 0.2) is 0 Å². The minimum atomic E-state index is -0.482. The molecule has 0 saturated carbocycles. The summed E-state index contributed by atoms with van der Waals surface area (Å²) in [4.78, 5) is 29.6. The number of amides is 1. The largest absolute Gasteiger partial charge is 0.359 e. The Morgan fingerprint density at radius 1 is 1.20 bits per heavy atom. The van der Waals surface area contributed by atoms with Crippen LogP contribution in [-0.2, 0) is 11.2 Å². The monoisotopic (exact) mass is 420 g/mol. The summed E-state index contributed by atoms with van der Waals surface area (Å²) in [6.07, 6.45) is 2.46. The predicted octanol–water partition coefficient (Wildman–Crippen LogP) is 4.12. The summed E-state index contributed by atoms with van der Waals surface area (Å²) in [5.41, 5.74) is 2.01. The fourth-order valence-corrected chi connectivity index (χ4v) is 4.07. The highest BCUT2D eigenvalue weighted by Gasteiger charge is 2.32. The average Bonchev–Trinajstić information content (AvgIpc) is 3.09. The average molecular weight is 421 g/mol. The second-order valence-corrected chi connectivity index (χ2v) is 8.03. The number of hydrogen-bond acceptors (Lipinski definition) is 5. The molecule has 3 aromatic rings. The van der Waals surface area contributed by atoms with Crippen LogP contribution in [-0.4, -0.2) is 33.4 Å². The number of aromatic nitrogens is 2. The first kappa shape index (κ1) is 20.2. The molecule has 30 heavy (non-hydrogen) atoms. The summed E-state index contributed by atoms with van der Waals surface area (Å²) < 4.78 is 1.69. The van der Waals surface area contributed by atoms with Crippen LogP contribution in [0.5, 0.6) is 0 Å². The number of rotatable bonds is 7. The van der Waals surface area contributed by atoms with E-state index in [-0.39, 0.29) is 29.0 Å². The van der Waals surface area contributed by atoms with Crippen molar-refractivity contribution in [1.29, 1.82) is 0 Å². The summed E-state index contributed by atoms with van der Waals surface area (Å²) in [6, 6.07) is 17.4. The van der Waals surface area contributed by atoms with Crippen LogP contribution in [0, 0.1) is 4.77 Å². The van der Waals surface area contributed by atoms with Gasteiger partial charge >= 0.3 is 0 Å². The molecule has 2 atom stereocenters. The molecule has 4 rings (SSSR count). The third kappa shape index (κ3) is 4.26. The van der Waals surface area contributed by atoms with Gasteiger partial charge in [0.05, 0.1) is 5.52 Å². The van der Waals surface area contributed by atoms with Crippen molar-refractivity contribution in [2.75, 3.05) is 5.32 Å². The van der Waals surface area contributed by atoms with Crippen molar-refractivity contribution in [3.8, 4) is 0 Å². The highest BCUT2D eigenvalue weighted by Crippen LogP contribution is 2.29. The number of nitrogens with one attached hydrogen (secondary N) is 2. The molecule has 6 nitrogen and oxygen atoms in total. The van der Waals surface area contributed by atoms with Gasteiger partial charge in [-0.3, -0.25) is 9.59 Å². The summed E-state index contributed by atoms with van der Waals surface area (Å²) in [7, 11) is 0. The molecule has 2 aromatic carbocycles. The maximum atomic E-state index is 12.8. The van der Waals surface area contributed by atoms with Crippen molar-refractivity contribution in [2.45, 2.75) is 44.7 Å². The molecule has 1 aliphatic heterocycles. The topological polar surface area (TPSA) is 76.0 Å². The molecule has 0 spiro atoms. The Bertz CT molecular complexity index is 1140. The van der Waals surface area contributed by atoms with Crippen molar-refractivity contribution in [2.24, 2.45) is 0 Å². The minimum absolute atomic E-state index is 0.0484. The standard InChI is InChI=1S/C23H24N4O2S/c1-15(11-12-16-7-3-2-4-8-16)24-20(28)14-13-19-22(29)27-21(25-19)17-9-5-6-10-18(17)26-23(27)30/h2-10,15,19,25H,11-14H2,1H3,(H,24,28). The van der Waals surface area contributed by atoms with E-state index in [2.05, 4.69) is 27.8 Å². The van der Waals surface area contributed by atoms with E-state index in [9.17, 15) is 9.59 Å². The third-order valence-electron chi connectivity index (χ3n) is 5.40. The van der Waals surface area contributed by atoms with Crippen molar-refractivity contribution in [3.05, 3.63) is 64.9 Å². The highest BCUT2D eigenvalue weighted by atomic mass is 32.1. The number of carbonyl (C=O) groups excluding carboxylic acids is 2. The van der Waals surface area contributed by atoms with Gasteiger partial charge in [-0.25, -0.2) is 9.55 Å². The molecular weight excluding hydrogens is 396 g/mol. The van der Waals surface area contributed by atoms with Crippen LogP contribution >= 0.6 is 12.2 Å². The van der Waals surface area contributed by atoms with E-state index in [1.54, 1.807) is 0 Å². The van der Waals surface area contributed by atoms with Crippen molar-refractivity contribution in [1.82, 2.24) is 14.9 Å². The van der Waals surface area contributed by atoms with Crippen LogP contribution < -0.4 is 10.6 Å². The van der Waals surface area contributed by atoms with Gasteiger partial charge < -0.3 is 10.6 Å². The van der Waals surface area contributed by atoms with Gasteiger partial charge in [0.2, 0.25) is 10.7 Å². The number of para-hydroxylation sites is 1. The Labute approximate surface area is 180 Å². The number of benzene rings is 2. The lowest BCUT2D eigenvalue weighted by molar-refractivity contribution is -0.121. The number of carbonyl (C=O) groups is 2. The van der Waals surface area contributed by atoms with E-state index in [0.29, 0.717) is 12.2 Å². The van der Waals surface area contributed by atoms with Gasteiger partial charge in [-0.05, 0) is 56.1 Å². The molecular formula is C23H24N4O2S. The fraction of sp³-hybridized carbons (Fsp3) is 0.304. The van der Waals surface area contributed by atoms with Gasteiger partial charge in [-0.15, -0.1) is 0 Å². The predicted molar refractivity (Wildman–Crippen MR) is 120 cm³/mol. The lowest BCUT2D eigenvalue weighted by Crippen LogP contribution is -2.34. The number of nitrogens with zero attached hydrogens (tertiary/aromatic N) is 2. The van der Waals surface area contributed by atoms with Gasteiger partial charge in [0, 0.05) is 17.8 Å². The molecule has 2 unspecified atom stereocenters. The van der Waals surface area contributed by atoms with Crippen molar-refractivity contribution in [3.63, 3.8) is 0 Å². The van der Waals surface area contributed by atoms with Crippen LogP contribution in [0.2, 0.25) is 0 Å². The first-order valence-electron chi connectivity index (χ1n) is 10.2. The molecule has 0 saturated heterocycles. The first-order chi connectivity index (χ1) is 14.5. The fourth-order valence-electron chi connectivity index (χ4n) is 3.79. The Morgan fingerprint density at radius 2 is 1.93 bits per heavy atom. The minimum Gasteiger partial charge on any atom is -0.359 e. The number of anilines is 1. The molecule has 7 heteroatoms. The number of fused-ring (bicyclic) bond motifs is 3. The summed E-state index contributed by atoms with van der Waals surface area (Å²) in [6.45, 7) is 2.01. The quantitative estimate of drug-likeness (QED) is 0.563. The molecule has 2 heterocycles. The van der Waals surface area contributed by atoms with Crippen LogP contribution in [0.4, 0.5) is 5.82 Å². The molecule has 1 aromatic heterocycles. The van der Waals surface area contributed by atoms with Gasteiger partial charge in [0.1, 0.15) is 11.9 Å². The lowest BCUT2D eigenvalue weighted by Gasteiger charge is -2.15. The summed E-state index contributed by atoms with van der Waals surface area (Å²) >= 11 is 5.31. The Hall–Kier alpha value is -3.06. The zero-order valence-corrected chi connectivity index (χ0v) is 17.6. The summed E-state index contributed by atoms with van der Waals surface area (Å²) in [5.74, 6) is 0.461. The molecule has 0 fully saturated rings. The zero-order chi connectivity index (χ0) is 21.1. The zero-order valence-electron chi connectivity index (χ0n) is 16.8. The molecule has 0 bridgehead atoms. The summed E-state index contributed by atoms with van der Waals surface area (Å²) in [5, 5.41) is 7.13. The van der Waals surface area contributed by atoms with Crippen LogP contribution in [0.15, 0.2) is 54.6 Å². The van der Waals surface area contributed by atoms with Crippen LogP contribution in [0.1, 0.15) is 36.5 Å². The Balaban J connectivity index is 1.33. The van der Waals surface area contributed by atoms with E-state index in [1.165, 1.54) is 10.1 Å². The molecule has 0 radical (unpaired) electrons. The van der Waals surface area contributed by atoms with E-state index in [1.807, 2.05) is 49.4 Å². The highest BCUT2D eigenvalue weighted by molar-refractivity contribution is 7.71. The van der Waals surface area contributed by atoms with Crippen LogP contribution in [0.3, 0.4) is 0 Å². The third-order valence-corrected chi connectivity index (χ3v) is 5.67. The number of aryl methyl sites for hydroxylation is 1. The van der Waals surface area contributed by atoms with Gasteiger partial charge in [-0.1, -0.05) is 42.5 Å². The number of hydrogen-bond donors (Lipinski definition) is 2. The van der Waals surface area contributed by atoms with Crippen molar-refractivity contribution >= 4 is 40.8 Å². The van der Waals surface area contributed by atoms with E-state index < -0.39 is 6.04 Å². The second kappa shape index (κ2) is 8.75. The molecule has 2 N–H and O–H groups in total. The SMILES string of the molecule is CC(CCc1ccccc1)NC(=O)CCC1Nc2c3ccccc3nc(=S)n2C1=O. The molecule has 1 aliphatic rings. The molecule has 1 amide bonds. The maximum Gasteiger partial charge on any atom is 0.257 e. The van der Waals surface area contributed by atoms with E-state index in [0.717, 1.165) is 23.7 Å². The normalized spacial score (nSPS) is 16.2. The van der Waals surface area contributed by atoms with Gasteiger partial charge in [0.25, 0.3) is 5.91 Å². The van der Waals surface area contributed by atoms with E-state index in [4.69, 9.17) is 12.2 Å².